The van der Waals surface area contributed by atoms with Gasteiger partial charge in [-0.25, -0.2) is 5.43 Å². The van der Waals surface area contributed by atoms with E-state index in [0.29, 0.717) is 5.71 Å². The summed E-state index contributed by atoms with van der Waals surface area (Å²) in [5.41, 5.74) is 4.72. The van der Waals surface area contributed by atoms with E-state index in [4.69, 9.17) is 0 Å². The van der Waals surface area contributed by atoms with Crippen LogP contribution in [-0.4, -0.2) is 30.7 Å². The standard InChI is InChI=1S/C23H19F2N3O3/c24-23(25)31-19-13-7-12-18(14-19)22(30)26-15-20(29)27-28-21(16-8-3-1-4-9-16)17-10-5-2-6-11-17/h1-14,23H,15H2,(H,26,30)(H,27,29). The number of nitrogens with zero attached hydrogens (tertiary/aromatic N) is 1. The first-order chi connectivity index (χ1) is 15.0. The number of hydrogen-bond acceptors (Lipinski definition) is 4. The molecule has 0 saturated heterocycles. The summed E-state index contributed by atoms with van der Waals surface area (Å²) in [4.78, 5) is 24.4. The van der Waals surface area contributed by atoms with Crippen molar-refractivity contribution in [3.05, 3.63) is 102 Å². The maximum Gasteiger partial charge on any atom is 0.387 e. The Hall–Kier alpha value is -4.07. The number of carbonyl (C=O) groups is 2. The second-order valence-corrected chi connectivity index (χ2v) is 6.32. The molecule has 0 aliphatic carbocycles. The molecule has 0 spiro atoms. The number of carbonyl (C=O) groups excluding carboxylic acids is 2. The second-order valence-electron chi connectivity index (χ2n) is 6.32. The minimum Gasteiger partial charge on any atom is -0.435 e. The molecule has 0 atom stereocenters. The van der Waals surface area contributed by atoms with Gasteiger partial charge < -0.3 is 10.1 Å². The lowest BCUT2D eigenvalue weighted by molar-refractivity contribution is -0.120. The van der Waals surface area contributed by atoms with Crippen LogP contribution in [0.4, 0.5) is 8.78 Å². The van der Waals surface area contributed by atoms with Gasteiger partial charge in [0, 0.05) is 16.7 Å². The molecule has 0 radical (unpaired) electrons. The topological polar surface area (TPSA) is 79.8 Å². The lowest BCUT2D eigenvalue weighted by Crippen LogP contribution is -2.35. The number of benzene rings is 3. The zero-order chi connectivity index (χ0) is 22.1. The van der Waals surface area contributed by atoms with Gasteiger partial charge in [-0.1, -0.05) is 66.7 Å². The van der Waals surface area contributed by atoms with Gasteiger partial charge in [0.2, 0.25) is 0 Å². The van der Waals surface area contributed by atoms with E-state index >= 15 is 0 Å². The summed E-state index contributed by atoms with van der Waals surface area (Å²) in [6, 6.07) is 24.0. The summed E-state index contributed by atoms with van der Waals surface area (Å²) in [7, 11) is 0. The average molecular weight is 423 g/mol. The number of alkyl halides is 2. The van der Waals surface area contributed by atoms with Gasteiger partial charge in [0.25, 0.3) is 11.8 Å². The third-order valence-electron chi connectivity index (χ3n) is 4.12. The molecule has 0 bridgehead atoms. The predicted molar refractivity (Wildman–Crippen MR) is 112 cm³/mol. The molecule has 0 aromatic heterocycles. The first-order valence-electron chi connectivity index (χ1n) is 9.33. The summed E-state index contributed by atoms with van der Waals surface area (Å²) in [5, 5.41) is 6.64. The molecular formula is C23H19F2N3O3. The molecule has 158 valence electrons. The molecule has 8 heteroatoms. The van der Waals surface area contributed by atoms with Crippen molar-refractivity contribution in [2.24, 2.45) is 5.10 Å². The third kappa shape index (κ3) is 6.46. The smallest absolute Gasteiger partial charge is 0.387 e. The monoisotopic (exact) mass is 423 g/mol. The first kappa shape index (κ1) is 21.6. The molecule has 0 aliphatic rings. The van der Waals surface area contributed by atoms with E-state index in [1.54, 1.807) is 0 Å². The Balaban J connectivity index is 1.64. The van der Waals surface area contributed by atoms with Crippen LogP contribution in [0.25, 0.3) is 0 Å². The minimum absolute atomic E-state index is 0.0868. The Morgan fingerprint density at radius 3 is 2.00 bits per heavy atom. The van der Waals surface area contributed by atoms with E-state index in [1.165, 1.54) is 24.3 Å². The van der Waals surface area contributed by atoms with E-state index in [9.17, 15) is 18.4 Å². The second kappa shape index (κ2) is 10.6. The number of halogens is 2. The van der Waals surface area contributed by atoms with Gasteiger partial charge in [-0.05, 0) is 18.2 Å². The Bertz CT molecular complexity index is 1020. The van der Waals surface area contributed by atoms with Crippen LogP contribution >= 0.6 is 0 Å². The highest BCUT2D eigenvalue weighted by atomic mass is 19.3. The molecule has 31 heavy (non-hydrogen) atoms. The van der Waals surface area contributed by atoms with Gasteiger partial charge in [0.1, 0.15) is 5.75 Å². The summed E-state index contributed by atoms with van der Waals surface area (Å²) in [6.45, 7) is -3.34. The van der Waals surface area contributed by atoms with Gasteiger partial charge >= 0.3 is 6.61 Å². The van der Waals surface area contributed by atoms with Crippen LogP contribution in [0.2, 0.25) is 0 Å². The molecule has 3 rings (SSSR count). The van der Waals surface area contributed by atoms with E-state index in [2.05, 4.69) is 20.6 Å². The van der Waals surface area contributed by atoms with Gasteiger partial charge in [0.15, 0.2) is 0 Å². The van der Waals surface area contributed by atoms with Gasteiger partial charge in [0.05, 0.1) is 12.3 Å². The molecule has 3 aromatic rings. The highest BCUT2D eigenvalue weighted by molar-refractivity contribution is 6.13. The van der Waals surface area contributed by atoms with E-state index < -0.39 is 18.4 Å². The number of ether oxygens (including phenoxy) is 1. The van der Waals surface area contributed by atoms with E-state index in [-0.39, 0.29) is 17.9 Å². The highest BCUT2D eigenvalue weighted by Gasteiger charge is 2.12. The molecule has 0 heterocycles. The zero-order valence-electron chi connectivity index (χ0n) is 16.3. The van der Waals surface area contributed by atoms with Crippen molar-refractivity contribution in [3.63, 3.8) is 0 Å². The SMILES string of the molecule is O=C(CNC(=O)c1cccc(OC(F)F)c1)NN=C(c1ccccc1)c1ccccc1. The van der Waals surface area contributed by atoms with Crippen molar-refractivity contribution in [1.82, 2.24) is 10.7 Å². The highest BCUT2D eigenvalue weighted by Crippen LogP contribution is 2.16. The fourth-order valence-electron chi connectivity index (χ4n) is 2.72. The number of hydrazone groups is 1. The van der Waals surface area contributed by atoms with E-state index in [1.807, 2.05) is 60.7 Å². The van der Waals surface area contributed by atoms with Crippen molar-refractivity contribution in [3.8, 4) is 5.75 Å². The van der Waals surface area contributed by atoms with Crippen molar-refractivity contribution in [2.45, 2.75) is 6.61 Å². The summed E-state index contributed by atoms with van der Waals surface area (Å²) >= 11 is 0. The molecule has 6 nitrogen and oxygen atoms in total. The number of amides is 2. The normalized spacial score (nSPS) is 10.3. The van der Waals surface area contributed by atoms with Crippen LogP contribution in [0, 0.1) is 0 Å². The van der Waals surface area contributed by atoms with Crippen LogP contribution in [0.1, 0.15) is 21.5 Å². The molecule has 3 aromatic carbocycles. The quantitative estimate of drug-likeness (QED) is 0.429. The van der Waals surface area contributed by atoms with Crippen LogP contribution < -0.4 is 15.5 Å². The van der Waals surface area contributed by atoms with E-state index in [0.717, 1.165) is 11.1 Å². The lowest BCUT2D eigenvalue weighted by Gasteiger charge is -2.09. The molecule has 0 aliphatic heterocycles. The van der Waals surface area contributed by atoms with Crippen molar-refractivity contribution < 1.29 is 23.1 Å². The van der Waals surface area contributed by atoms with Crippen molar-refractivity contribution in [2.75, 3.05) is 6.54 Å². The Morgan fingerprint density at radius 2 is 1.42 bits per heavy atom. The fraction of sp³-hybridized carbons (Fsp3) is 0.0870. The van der Waals surface area contributed by atoms with Crippen LogP contribution in [-0.2, 0) is 4.79 Å². The number of nitrogens with one attached hydrogen (secondary N) is 2. The van der Waals surface area contributed by atoms with Gasteiger partial charge in [-0.15, -0.1) is 0 Å². The average Bonchev–Trinajstić information content (AvgIpc) is 2.79. The van der Waals surface area contributed by atoms with Crippen molar-refractivity contribution in [1.29, 1.82) is 0 Å². The molecule has 0 saturated carbocycles. The molecule has 2 amide bonds. The minimum atomic E-state index is -3.00. The summed E-state index contributed by atoms with van der Waals surface area (Å²) in [6.07, 6.45) is 0. The third-order valence-corrected chi connectivity index (χ3v) is 4.12. The maximum absolute atomic E-state index is 12.3. The Labute approximate surface area is 177 Å². The lowest BCUT2D eigenvalue weighted by atomic mass is 10.0. The van der Waals surface area contributed by atoms with Crippen molar-refractivity contribution >= 4 is 17.5 Å². The van der Waals surface area contributed by atoms with Gasteiger partial charge in [-0.3, -0.25) is 9.59 Å². The maximum atomic E-state index is 12.3. The van der Waals surface area contributed by atoms with Gasteiger partial charge in [-0.2, -0.15) is 13.9 Å². The molecular weight excluding hydrogens is 404 g/mol. The van der Waals surface area contributed by atoms with Crippen LogP contribution in [0.5, 0.6) is 5.75 Å². The number of rotatable bonds is 8. The Kier molecular flexibility index (Phi) is 7.42. The fourth-order valence-corrected chi connectivity index (χ4v) is 2.72. The van der Waals surface area contributed by atoms with Crippen LogP contribution in [0.15, 0.2) is 90.0 Å². The molecule has 0 unspecified atom stereocenters. The first-order valence-corrected chi connectivity index (χ1v) is 9.33. The largest absolute Gasteiger partial charge is 0.435 e. The summed E-state index contributed by atoms with van der Waals surface area (Å²) < 4.78 is 28.9. The molecule has 0 fully saturated rings. The molecule has 2 N–H and O–H groups in total. The predicted octanol–water partition coefficient (Wildman–Crippen LogP) is 3.59. The van der Waals surface area contributed by atoms with Crippen LogP contribution in [0.3, 0.4) is 0 Å². The number of hydrogen-bond donors (Lipinski definition) is 2. The summed E-state index contributed by atoms with van der Waals surface area (Å²) in [5.74, 6) is -1.30. The zero-order valence-corrected chi connectivity index (χ0v) is 16.3. The Morgan fingerprint density at radius 1 is 0.839 bits per heavy atom.